The summed E-state index contributed by atoms with van der Waals surface area (Å²) in [5.74, 6) is -0.0959. The van der Waals surface area contributed by atoms with Crippen LogP contribution in [0.5, 0.6) is 5.75 Å². The average Bonchev–Trinajstić information content (AvgIpc) is 3.29. The topological polar surface area (TPSA) is 46.5 Å². The van der Waals surface area contributed by atoms with Gasteiger partial charge in [0, 0.05) is 5.92 Å². The maximum Gasteiger partial charge on any atom is 0.307 e. The highest BCUT2D eigenvalue weighted by molar-refractivity contribution is 5.76. The van der Waals surface area contributed by atoms with Crippen LogP contribution in [0.4, 0.5) is 0 Å². The SMILES string of the molecule is CCOc1ccc(-c2ccccc2)cc1C1CC1C(=O)O. The number of rotatable bonds is 5. The minimum atomic E-state index is -0.715. The molecule has 1 aliphatic rings. The summed E-state index contributed by atoms with van der Waals surface area (Å²) < 4.78 is 5.66. The van der Waals surface area contributed by atoms with E-state index in [1.165, 1.54) is 0 Å². The van der Waals surface area contributed by atoms with Gasteiger partial charge in [0.1, 0.15) is 5.75 Å². The highest BCUT2D eigenvalue weighted by Crippen LogP contribution is 2.51. The molecule has 0 radical (unpaired) electrons. The van der Waals surface area contributed by atoms with E-state index >= 15 is 0 Å². The Hall–Kier alpha value is -2.29. The number of benzene rings is 2. The Kier molecular flexibility index (Phi) is 3.65. The van der Waals surface area contributed by atoms with Gasteiger partial charge in [0.2, 0.25) is 0 Å². The first-order valence-electron chi connectivity index (χ1n) is 7.25. The second-order valence-corrected chi connectivity index (χ2v) is 5.34. The second-order valence-electron chi connectivity index (χ2n) is 5.34. The number of ether oxygens (including phenoxy) is 1. The van der Waals surface area contributed by atoms with Crippen molar-refractivity contribution in [1.29, 1.82) is 0 Å². The van der Waals surface area contributed by atoms with Gasteiger partial charge in [-0.3, -0.25) is 4.79 Å². The predicted octanol–water partition coefficient (Wildman–Crippen LogP) is 3.94. The summed E-state index contributed by atoms with van der Waals surface area (Å²) in [6.07, 6.45) is 0.702. The first-order chi connectivity index (χ1) is 10.2. The van der Waals surface area contributed by atoms with Gasteiger partial charge in [-0.1, -0.05) is 36.4 Å². The summed E-state index contributed by atoms with van der Waals surface area (Å²) in [7, 11) is 0. The molecule has 0 aliphatic heterocycles. The number of aliphatic carboxylic acids is 1. The molecule has 0 heterocycles. The van der Waals surface area contributed by atoms with Gasteiger partial charge < -0.3 is 9.84 Å². The molecule has 3 heteroatoms. The molecule has 1 saturated carbocycles. The molecular formula is C18H18O3. The first kappa shape index (κ1) is 13.7. The van der Waals surface area contributed by atoms with Gasteiger partial charge in [-0.2, -0.15) is 0 Å². The molecule has 2 aromatic carbocycles. The number of hydrogen-bond donors (Lipinski definition) is 1. The molecule has 108 valence electrons. The van der Waals surface area contributed by atoms with E-state index in [4.69, 9.17) is 9.84 Å². The fourth-order valence-electron chi connectivity index (χ4n) is 2.75. The molecule has 1 fully saturated rings. The van der Waals surface area contributed by atoms with Gasteiger partial charge in [0.05, 0.1) is 12.5 Å². The minimum Gasteiger partial charge on any atom is -0.494 e. The van der Waals surface area contributed by atoms with E-state index in [-0.39, 0.29) is 11.8 Å². The lowest BCUT2D eigenvalue weighted by molar-refractivity contribution is -0.138. The summed E-state index contributed by atoms with van der Waals surface area (Å²) in [5.41, 5.74) is 3.25. The van der Waals surface area contributed by atoms with Crippen molar-refractivity contribution in [3.8, 4) is 16.9 Å². The lowest BCUT2D eigenvalue weighted by Crippen LogP contribution is -2.01. The standard InChI is InChI=1S/C18H18O3/c1-2-21-17-9-8-13(12-6-4-3-5-7-12)10-15(17)14-11-16(14)18(19)20/h3-10,14,16H,2,11H2,1H3,(H,19,20). The van der Waals surface area contributed by atoms with Crippen LogP contribution in [-0.4, -0.2) is 17.7 Å². The van der Waals surface area contributed by atoms with Gasteiger partial charge in [-0.05, 0) is 42.2 Å². The zero-order chi connectivity index (χ0) is 14.8. The van der Waals surface area contributed by atoms with Crippen LogP contribution in [0.15, 0.2) is 48.5 Å². The van der Waals surface area contributed by atoms with Crippen molar-refractivity contribution in [2.24, 2.45) is 5.92 Å². The van der Waals surface area contributed by atoms with E-state index in [1.54, 1.807) is 0 Å². The molecule has 0 amide bonds. The molecule has 21 heavy (non-hydrogen) atoms. The molecule has 1 aliphatic carbocycles. The van der Waals surface area contributed by atoms with E-state index in [0.717, 1.165) is 22.4 Å². The fourth-order valence-corrected chi connectivity index (χ4v) is 2.75. The molecule has 2 aromatic rings. The Morgan fingerprint density at radius 2 is 1.95 bits per heavy atom. The average molecular weight is 282 g/mol. The molecular weight excluding hydrogens is 264 g/mol. The lowest BCUT2D eigenvalue weighted by Gasteiger charge is -2.12. The molecule has 2 atom stereocenters. The van der Waals surface area contributed by atoms with E-state index < -0.39 is 5.97 Å². The van der Waals surface area contributed by atoms with Gasteiger partial charge in [0.25, 0.3) is 0 Å². The third-order valence-corrected chi connectivity index (χ3v) is 3.92. The van der Waals surface area contributed by atoms with Crippen LogP contribution in [0.25, 0.3) is 11.1 Å². The smallest absolute Gasteiger partial charge is 0.307 e. The Labute approximate surface area is 124 Å². The highest BCUT2D eigenvalue weighted by atomic mass is 16.5. The second kappa shape index (κ2) is 5.60. The molecule has 3 rings (SSSR count). The van der Waals surface area contributed by atoms with Crippen molar-refractivity contribution in [3.05, 3.63) is 54.1 Å². The predicted molar refractivity (Wildman–Crippen MR) is 81.5 cm³/mol. The Morgan fingerprint density at radius 1 is 1.19 bits per heavy atom. The largest absolute Gasteiger partial charge is 0.494 e. The molecule has 0 saturated heterocycles. The van der Waals surface area contributed by atoms with Crippen molar-refractivity contribution < 1.29 is 14.6 Å². The van der Waals surface area contributed by atoms with Crippen LogP contribution >= 0.6 is 0 Å². The van der Waals surface area contributed by atoms with Crippen LogP contribution in [-0.2, 0) is 4.79 Å². The van der Waals surface area contributed by atoms with Crippen LogP contribution < -0.4 is 4.74 Å². The van der Waals surface area contributed by atoms with Crippen molar-refractivity contribution >= 4 is 5.97 Å². The quantitative estimate of drug-likeness (QED) is 0.903. The molecule has 2 unspecified atom stereocenters. The number of hydrogen-bond acceptors (Lipinski definition) is 2. The molecule has 0 spiro atoms. The van der Waals surface area contributed by atoms with Gasteiger partial charge >= 0.3 is 5.97 Å². The van der Waals surface area contributed by atoms with Gasteiger partial charge in [-0.25, -0.2) is 0 Å². The third kappa shape index (κ3) is 2.77. The Morgan fingerprint density at radius 3 is 2.57 bits per heavy atom. The van der Waals surface area contributed by atoms with Crippen LogP contribution in [0, 0.1) is 5.92 Å². The van der Waals surface area contributed by atoms with Gasteiger partial charge in [0.15, 0.2) is 0 Å². The van der Waals surface area contributed by atoms with E-state index in [2.05, 4.69) is 18.2 Å². The van der Waals surface area contributed by atoms with Crippen LogP contribution in [0.2, 0.25) is 0 Å². The van der Waals surface area contributed by atoms with E-state index in [1.807, 2.05) is 37.3 Å². The first-order valence-corrected chi connectivity index (χ1v) is 7.25. The molecule has 0 aromatic heterocycles. The Balaban J connectivity index is 1.97. The number of carboxylic acids is 1. The van der Waals surface area contributed by atoms with Crippen LogP contribution in [0.3, 0.4) is 0 Å². The molecule has 3 nitrogen and oxygen atoms in total. The van der Waals surface area contributed by atoms with Crippen LogP contribution in [0.1, 0.15) is 24.8 Å². The number of carboxylic acid groups (broad SMARTS) is 1. The van der Waals surface area contributed by atoms with Crippen molar-refractivity contribution in [2.75, 3.05) is 6.61 Å². The lowest BCUT2D eigenvalue weighted by atomic mass is 9.99. The Bertz CT molecular complexity index is 649. The zero-order valence-corrected chi connectivity index (χ0v) is 12.0. The van der Waals surface area contributed by atoms with Crippen molar-refractivity contribution in [2.45, 2.75) is 19.3 Å². The summed E-state index contributed by atoms with van der Waals surface area (Å²) >= 11 is 0. The van der Waals surface area contributed by atoms with E-state index in [0.29, 0.717) is 13.0 Å². The monoisotopic (exact) mass is 282 g/mol. The molecule has 0 bridgehead atoms. The summed E-state index contributed by atoms with van der Waals surface area (Å²) in [5, 5.41) is 9.15. The fraction of sp³-hybridized carbons (Fsp3) is 0.278. The molecule has 1 N–H and O–H groups in total. The summed E-state index contributed by atoms with van der Waals surface area (Å²) in [6, 6.07) is 16.2. The number of carbonyl (C=O) groups is 1. The van der Waals surface area contributed by atoms with E-state index in [9.17, 15) is 4.79 Å². The van der Waals surface area contributed by atoms with Gasteiger partial charge in [-0.15, -0.1) is 0 Å². The normalized spacial score (nSPS) is 20.0. The maximum atomic E-state index is 11.1. The minimum absolute atomic E-state index is 0.0766. The zero-order valence-electron chi connectivity index (χ0n) is 12.0. The summed E-state index contributed by atoms with van der Waals surface area (Å²) in [4.78, 5) is 11.1. The highest BCUT2D eigenvalue weighted by Gasteiger charge is 2.45. The van der Waals surface area contributed by atoms with Crippen molar-refractivity contribution in [3.63, 3.8) is 0 Å². The summed E-state index contributed by atoms with van der Waals surface area (Å²) in [6.45, 7) is 2.53. The van der Waals surface area contributed by atoms with Crippen molar-refractivity contribution in [1.82, 2.24) is 0 Å². The maximum absolute atomic E-state index is 11.1. The third-order valence-electron chi connectivity index (χ3n) is 3.92.